The van der Waals surface area contributed by atoms with Gasteiger partial charge >= 0.3 is 50.1 Å². The third kappa shape index (κ3) is 25.1. The summed E-state index contributed by atoms with van der Waals surface area (Å²) in [6.45, 7) is 17.3. The molecule has 512 valence electrons. The Bertz CT molecular complexity index is 3800. The number of ether oxygens (including phenoxy) is 12. The van der Waals surface area contributed by atoms with Crippen molar-refractivity contribution < 1.29 is 99.1 Å². The maximum atomic E-state index is 9.87. The predicted molar refractivity (Wildman–Crippen MR) is 358 cm³/mol. The molecular weight excluding hydrogens is 1320 g/mol. The fourth-order valence-corrected chi connectivity index (χ4v) is 9.47. The standard InChI is InChI=1S/C38H40N2O6.C34H34N2O6.Cu.F6P/c1-3-19-41-21-23-43-25-27-45-33-13-7-29(8-14-33)35-17-11-31-5-6-32-12-18-36(40-38(32)37(31)39-35)30-9-15-34(16-10-30)46-28-26-44-24-22-42-20-4-2;1-2-28-8-14-32-26-5-11-30(12-6-26)42-24-22-40-20-18-38-16-15-37-17-19-39-21-23-41-29-9-3-25(4-10-29)31-13-7-27(1)33(35-31)34(28)36-32;;1-7(2,3,4,5)6/h3-18H,1-2,19-28H2;1-14H,15-24H2;;/q;;+1;-1. The van der Waals surface area contributed by atoms with Crippen molar-refractivity contribution in [2.24, 2.45) is 0 Å². The molecular formula is C72H74CuF6N4O12P. The molecule has 7 heterocycles. The topological polar surface area (TPSA) is 162 Å². The van der Waals surface area contributed by atoms with E-state index in [1.165, 1.54) is 0 Å². The Hall–Kier alpha value is -8.15. The zero-order chi connectivity index (χ0) is 66.6. The van der Waals surface area contributed by atoms with Gasteiger partial charge in [-0.1, -0.05) is 60.7 Å². The molecule has 13 rings (SSSR count). The summed E-state index contributed by atoms with van der Waals surface area (Å²) in [4.78, 5) is 20.2. The van der Waals surface area contributed by atoms with Gasteiger partial charge in [-0.25, -0.2) is 19.9 Å². The summed E-state index contributed by atoms with van der Waals surface area (Å²) in [5.74, 6) is 3.13. The van der Waals surface area contributed by atoms with Crippen molar-refractivity contribution in [3.05, 3.63) is 195 Å². The van der Waals surface area contributed by atoms with Gasteiger partial charge in [-0.3, -0.25) is 0 Å². The molecule has 10 aromatic rings. The van der Waals surface area contributed by atoms with E-state index in [9.17, 15) is 25.2 Å². The molecule has 96 heavy (non-hydrogen) atoms. The van der Waals surface area contributed by atoms with Crippen LogP contribution in [0.2, 0.25) is 0 Å². The second-order valence-corrected chi connectivity index (χ2v) is 23.0. The minimum Gasteiger partial charge on any atom is -0.491 e. The molecule has 0 saturated heterocycles. The number of rotatable bonds is 20. The van der Waals surface area contributed by atoms with Gasteiger partial charge in [0.25, 0.3) is 0 Å². The van der Waals surface area contributed by atoms with Gasteiger partial charge in [-0.05, 0) is 121 Å². The Balaban J connectivity index is 0.000000222. The third-order valence-corrected chi connectivity index (χ3v) is 14.0. The second kappa shape index (κ2) is 36.3. The zero-order valence-electron chi connectivity index (χ0n) is 52.6. The summed E-state index contributed by atoms with van der Waals surface area (Å²) in [5, 5.41) is 4.16. The SMILES string of the molecule is C=CCOCCOCCOc1ccc(-c2ccc3ccc4ccc(-c5ccc(OCCOCCOCC=C)cc5)nc4c3n2)cc1.F[P-](F)(F)(F)(F)F.[Cu+].c1cc2ccc1OCCOCCOCCOCCOCCOc1ccc(cc1)-c1ccc3ccc4ccc-2nc4c3n1. The number of fused-ring (bicyclic) bond motifs is 5. The number of benzene rings is 6. The fourth-order valence-electron chi connectivity index (χ4n) is 9.47. The first-order chi connectivity index (χ1) is 46.0. The van der Waals surface area contributed by atoms with Gasteiger partial charge in [-0.2, -0.15) is 0 Å². The van der Waals surface area contributed by atoms with Crippen LogP contribution in [0.1, 0.15) is 0 Å². The second-order valence-electron chi connectivity index (χ2n) is 21.1. The van der Waals surface area contributed by atoms with Crippen molar-refractivity contribution in [1.29, 1.82) is 0 Å². The van der Waals surface area contributed by atoms with Crippen molar-refractivity contribution in [3.63, 3.8) is 0 Å². The molecule has 3 aliphatic heterocycles. The average molecular weight is 1400 g/mol. The van der Waals surface area contributed by atoms with Gasteiger partial charge in [0.15, 0.2) is 0 Å². The number of pyridine rings is 4. The van der Waals surface area contributed by atoms with Crippen molar-refractivity contribution in [2.45, 2.75) is 0 Å². The van der Waals surface area contributed by atoms with Gasteiger partial charge in [0.2, 0.25) is 0 Å². The minimum atomic E-state index is -10.7. The van der Waals surface area contributed by atoms with Crippen LogP contribution in [0.5, 0.6) is 23.0 Å². The molecule has 0 fully saturated rings. The van der Waals surface area contributed by atoms with Crippen LogP contribution in [0.4, 0.5) is 25.2 Å². The van der Waals surface area contributed by atoms with Crippen LogP contribution in [-0.2, 0) is 55.0 Å². The van der Waals surface area contributed by atoms with Gasteiger partial charge < -0.3 is 56.8 Å². The molecule has 8 bridgehead atoms. The van der Waals surface area contributed by atoms with E-state index in [2.05, 4.69) is 61.7 Å². The maximum absolute atomic E-state index is 10.7. The van der Waals surface area contributed by atoms with Crippen molar-refractivity contribution in [1.82, 2.24) is 19.9 Å². The molecule has 3 aliphatic rings. The quantitative estimate of drug-likeness (QED) is 0.0177. The predicted octanol–water partition coefficient (Wildman–Crippen LogP) is 16.6. The average Bonchev–Trinajstić information content (AvgIpc) is 0.777. The molecule has 6 aromatic carbocycles. The molecule has 0 N–H and O–H groups in total. The molecule has 0 saturated carbocycles. The van der Waals surface area contributed by atoms with Gasteiger partial charge in [0.05, 0.1) is 151 Å². The van der Waals surface area contributed by atoms with Crippen LogP contribution in [0.25, 0.3) is 88.6 Å². The van der Waals surface area contributed by atoms with Crippen LogP contribution in [-0.4, -0.2) is 152 Å². The number of aromatic nitrogens is 4. The normalized spacial score (nSPS) is 14.1. The van der Waals surface area contributed by atoms with Gasteiger partial charge in [-0.15, -0.1) is 13.2 Å². The van der Waals surface area contributed by atoms with E-state index in [1.54, 1.807) is 12.2 Å². The largest absolute Gasteiger partial charge is 1.00 e. The van der Waals surface area contributed by atoms with Crippen molar-refractivity contribution in [2.75, 3.05) is 132 Å². The first-order valence-corrected chi connectivity index (χ1v) is 32.8. The number of hydrogen-bond acceptors (Lipinski definition) is 16. The Kier molecular flexibility index (Phi) is 27.8. The van der Waals surface area contributed by atoms with E-state index < -0.39 is 7.81 Å². The van der Waals surface area contributed by atoms with E-state index >= 15 is 0 Å². The number of hydrogen-bond donors (Lipinski definition) is 0. The zero-order valence-corrected chi connectivity index (χ0v) is 54.4. The summed E-state index contributed by atoms with van der Waals surface area (Å²) in [6.07, 6.45) is 3.44. The number of nitrogens with zero attached hydrogens (tertiary/aromatic N) is 4. The van der Waals surface area contributed by atoms with Crippen LogP contribution in [0.3, 0.4) is 0 Å². The molecule has 0 amide bonds. The fraction of sp³-hybridized carbons (Fsp3) is 0.278. The van der Waals surface area contributed by atoms with E-state index in [1.807, 2.05) is 121 Å². The van der Waals surface area contributed by atoms with Gasteiger partial charge in [0.1, 0.15) is 49.4 Å². The van der Waals surface area contributed by atoms with Crippen molar-refractivity contribution >= 4 is 51.4 Å². The molecule has 0 radical (unpaired) electrons. The minimum absolute atomic E-state index is 0. The smallest absolute Gasteiger partial charge is 0.491 e. The molecule has 0 spiro atoms. The molecule has 16 nitrogen and oxygen atoms in total. The summed E-state index contributed by atoms with van der Waals surface area (Å²) in [5.41, 5.74) is 11.0. The first-order valence-electron chi connectivity index (χ1n) is 30.8. The van der Waals surface area contributed by atoms with E-state index in [4.69, 9.17) is 76.8 Å². The van der Waals surface area contributed by atoms with Crippen LogP contribution >= 0.6 is 7.81 Å². The molecule has 0 atom stereocenters. The molecule has 4 aromatic heterocycles. The number of halogens is 6. The monoisotopic (exact) mass is 1390 g/mol. The summed E-state index contributed by atoms with van der Waals surface area (Å²) >= 11 is 0. The van der Waals surface area contributed by atoms with E-state index in [-0.39, 0.29) is 17.1 Å². The molecule has 24 heteroatoms. The Morgan fingerprint density at radius 3 is 0.844 bits per heavy atom. The summed E-state index contributed by atoms with van der Waals surface area (Å²) in [6, 6.07) is 56.8. The first kappa shape index (κ1) is 73.7. The maximum Gasteiger partial charge on any atom is 1.00 e. The van der Waals surface area contributed by atoms with Gasteiger partial charge in [0, 0.05) is 43.8 Å². The molecule has 0 unspecified atom stereocenters. The van der Waals surface area contributed by atoms with Crippen LogP contribution in [0, 0.1) is 0 Å². The summed E-state index contributed by atoms with van der Waals surface area (Å²) < 4.78 is 127. The van der Waals surface area contributed by atoms with Crippen LogP contribution in [0.15, 0.2) is 195 Å². The van der Waals surface area contributed by atoms with Crippen LogP contribution < -0.4 is 18.9 Å². The summed E-state index contributed by atoms with van der Waals surface area (Å²) in [7, 11) is -10.7. The van der Waals surface area contributed by atoms with Crippen molar-refractivity contribution in [3.8, 4) is 68.0 Å². The Morgan fingerprint density at radius 1 is 0.323 bits per heavy atom. The Morgan fingerprint density at radius 2 is 0.562 bits per heavy atom. The molecule has 0 aliphatic carbocycles. The Labute approximate surface area is 563 Å². The third-order valence-electron chi connectivity index (χ3n) is 14.0. The van der Waals surface area contributed by atoms with E-state index in [0.717, 1.165) is 112 Å². The van der Waals surface area contributed by atoms with E-state index in [0.29, 0.717) is 132 Å².